The van der Waals surface area contributed by atoms with Crippen LogP contribution in [0.3, 0.4) is 0 Å². The van der Waals surface area contributed by atoms with Gasteiger partial charge in [0, 0.05) is 15.3 Å². The summed E-state index contributed by atoms with van der Waals surface area (Å²) >= 11 is 1.66. The molecule has 0 aliphatic carbocycles. The molecule has 0 radical (unpaired) electrons. The van der Waals surface area contributed by atoms with Crippen LogP contribution in [-0.4, -0.2) is 34.7 Å². The van der Waals surface area contributed by atoms with Gasteiger partial charge in [-0.3, -0.25) is 4.79 Å². The second kappa shape index (κ2) is 7.94. The highest BCUT2D eigenvalue weighted by atomic mass is 32.1. The van der Waals surface area contributed by atoms with Crippen LogP contribution in [0.25, 0.3) is 22.4 Å². The van der Waals surface area contributed by atoms with Crippen molar-refractivity contribution in [3.8, 4) is 11.3 Å². The lowest BCUT2D eigenvalue weighted by Crippen LogP contribution is -2.52. The molecule has 0 aliphatic heterocycles. The second-order valence-electron chi connectivity index (χ2n) is 7.36. The van der Waals surface area contributed by atoms with Crippen LogP contribution in [0, 0.1) is 20.8 Å². The number of aromatic nitrogens is 2. The van der Waals surface area contributed by atoms with Gasteiger partial charge in [0.1, 0.15) is 5.54 Å². The highest BCUT2D eigenvalue weighted by molar-refractivity contribution is 7.12. The number of thiophene rings is 1. The van der Waals surface area contributed by atoms with E-state index in [2.05, 4.69) is 15.5 Å². The summed E-state index contributed by atoms with van der Waals surface area (Å²) in [5, 5.41) is 7.38. The van der Waals surface area contributed by atoms with Crippen molar-refractivity contribution in [2.75, 3.05) is 7.11 Å². The van der Waals surface area contributed by atoms with Crippen molar-refractivity contribution < 1.29 is 18.8 Å². The summed E-state index contributed by atoms with van der Waals surface area (Å²) in [6, 6.07) is 3.77. The van der Waals surface area contributed by atoms with Crippen LogP contribution >= 0.6 is 11.3 Å². The van der Waals surface area contributed by atoms with Crippen molar-refractivity contribution in [2.24, 2.45) is 0 Å². The van der Waals surface area contributed by atoms with Gasteiger partial charge in [0.15, 0.2) is 0 Å². The third kappa shape index (κ3) is 3.89. The largest absolute Gasteiger partial charge is 0.467 e. The smallest absolute Gasteiger partial charge is 0.331 e. The molecule has 0 spiro atoms. The van der Waals surface area contributed by atoms with E-state index in [0.717, 1.165) is 15.3 Å². The van der Waals surface area contributed by atoms with Crippen molar-refractivity contribution in [2.45, 2.75) is 53.0 Å². The van der Waals surface area contributed by atoms with E-state index in [1.165, 1.54) is 7.11 Å². The lowest BCUT2D eigenvalue weighted by Gasteiger charge is -2.27. The predicted molar refractivity (Wildman–Crippen MR) is 112 cm³/mol. The number of aryl methyl sites for hydroxylation is 3. The van der Waals surface area contributed by atoms with Gasteiger partial charge >= 0.3 is 5.97 Å². The first-order valence-electron chi connectivity index (χ1n) is 9.45. The lowest BCUT2D eigenvalue weighted by atomic mass is 9.95. The van der Waals surface area contributed by atoms with Crippen LogP contribution in [0.1, 0.15) is 52.5 Å². The summed E-state index contributed by atoms with van der Waals surface area (Å²) in [5.74, 6) is -0.875. The molecule has 8 heteroatoms. The minimum absolute atomic E-state index is 0.295. The maximum atomic E-state index is 13.3. The first kappa shape index (κ1) is 21.0. The normalized spacial score (nSPS) is 13.3. The maximum Gasteiger partial charge on any atom is 0.331 e. The van der Waals surface area contributed by atoms with Crippen LogP contribution in [-0.2, 0) is 9.53 Å². The average Bonchev–Trinajstić information content (AvgIpc) is 3.21. The van der Waals surface area contributed by atoms with E-state index in [0.29, 0.717) is 40.9 Å². The van der Waals surface area contributed by atoms with Gasteiger partial charge in [-0.2, -0.15) is 0 Å². The average molecular weight is 416 g/mol. The zero-order chi connectivity index (χ0) is 21.3. The minimum Gasteiger partial charge on any atom is -0.467 e. The van der Waals surface area contributed by atoms with Crippen molar-refractivity contribution in [3.63, 3.8) is 0 Å². The molecule has 3 aromatic heterocycles. The number of pyridine rings is 1. The fourth-order valence-corrected chi connectivity index (χ4v) is 4.49. The van der Waals surface area contributed by atoms with Gasteiger partial charge in [-0.05, 0) is 46.2 Å². The summed E-state index contributed by atoms with van der Waals surface area (Å²) in [6.07, 6.45) is 1.17. The van der Waals surface area contributed by atoms with Gasteiger partial charge in [0.05, 0.1) is 29.4 Å². The van der Waals surface area contributed by atoms with E-state index in [9.17, 15) is 9.59 Å². The number of nitrogens with one attached hydrogen (secondary N) is 1. The summed E-state index contributed by atoms with van der Waals surface area (Å²) < 4.78 is 10.3. The zero-order valence-electron chi connectivity index (χ0n) is 17.5. The maximum absolute atomic E-state index is 13.3. The van der Waals surface area contributed by atoms with Gasteiger partial charge < -0.3 is 14.6 Å². The van der Waals surface area contributed by atoms with Gasteiger partial charge in [0.2, 0.25) is 0 Å². The molecule has 3 aromatic rings. The van der Waals surface area contributed by atoms with Gasteiger partial charge in [-0.1, -0.05) is 18.5 Å². The predicted octanol–water partition coefficient (Wildman–Crippen LogP) is 4.34. The number of rotatable bonds is 6. The highest BCUT2D eigenvalue weighted by Crippen LogP contribution is 2.33. The van der Waals surface area contributed by atoms with Crippen LogP contribution in [0.15, 0.2) is 16.7 Å². The molecule has 0 aliphatic rings. The number of hydrogen-bond donors (Lipinski definition) is 1. The monoisotopic (exact) mass is 415 g/mol. The summed E-state index contributed by atoms with van der Waals surface area (Å²) in [6.45, 7) is 9.42. The van der Waals surface area contributed by atoms with E-state index in [1.807, 2.05) is 26.8 Å². The van der Waals surface area contributed by atoms with Crippen LogP contribution in [0.5, 0.6) is 0 Å². The molecule has 0 fully saturated rings. The van der Waals surface area contributed by atoms with Crippen LogP contribution < -0.4 is 5.32 Å². The number of hydrogen-bond acceptors (Lipinski definition) is 7. The Morgan fingerprint density at radius 1 is 1.28 bits per heavy atom. The summed E-state index contributed by atoms with van der Waals surface area (Å²) in [5.41, 5.74) is 1.69. The van der Waals surface area contributed by atoms with E-state index in [4.69, 9.17) is 9.26 Å². The zero-order valence-corrected chi connectivity index (χ0v) is 18.3. The van der Waals surface area contributed by atoms with Gasteiger partial charge in [-0.15, -0.1) is 11.3 Å². The molecule has 0 aromatic carbocycles. The molecule has 1 atom stereocenters. The SMILES string of the molecule is CCCC(C)(NC(=O)c1cc(-c2cc(C)sc2C)nc2onc(C)c12)C(=O)OC. The Morgan fingerprint density at radius 2 is 2.00 bits per heavy atom. The fourth-order valence-electron chi connectivity index (χ4n) is 3.56. The number of fused-ring (bicyclic) bond motifs is 1. The highest BCUT2D eigenvalue weighted by Gasteiger charge is 2.36. The van der Waals surface area contributed by atoms with E-state index >= 15 is 0 Å². The van der Waals surface area contributed by atoms with Crippen molar-refractivity contribution in [1.29, 1.82) is 0 Å². The number of carbonyl (C=O) groups is 2. The topological polar surface area (TPSA) is 94.3 Å². The molecule has 3 heterocycles. The molecule has 154 valence electrons. The van der Waals surface area contributed by atoms with Crippen molar-refractivity contribution >= 4 is 34.3 Å². The first-order chi connectivity index (χ1) is 13.7. The standard InChI is InChI=1S/C21H25N3O4S/c1-7-8-21(5,20(26)27-6)23-18(25)15-10-16(14-9-11(2)29-13(14)4)22-19-17(15)12(3)24-28-19/h9-10H,7-8H2,1-6H3,(H,23,25). The Hall–Kier alpha value is -2.74. The van der Waals surface area contributed by atoms with Gasteiger partial charge in [-0.25, -0.2) is 9.78 Å². The Balaban J connectivity index is 2.12. The van der Waals surface area contributed by atoms with Crippen LogP contribution in [0.2, 0.25) is 0 Å². The van der Waals surface area contributed by atoms with E-state index in [-0.39, 0.29) is 0 Å². The second-order valence-corrected chi connectivity index (χ2v) is 8.82. The molecular formula is C21H25N3O4S. The number of methoxy groups -OCH3 is 1. The third-order valence-electron chi connectivity index (χ3n) is 4.95. The number of carbonyl (C=O) groups excluding carboxylic acids is 2. The Kier molecular flexibility index (Phi) is 5.75. The number of amides is 1. The van der Waals surface area contributed by atoms with E-state index in [1.54, 1.807) is 31.3 Å². The molecule has 1 amide bonds. The molecular weight excluding hydrogens is 390 g/mol. The lowest BCUT2D eigenvalue weighted by molar-refractivity contribution is -0.147. The number of esters is 1. The fraction of sp³-hybridized carbons (Fsp3) is 0.429. The molecule has 0 bridgehead atoms. The van der Waals surface area contributed by atoms with Crippen molar-refractivity contribution in [1.82, 2.24) is 15.5 Å². The number of ether oxygens (including phenoxy) is 1. The molecule has 1 unspecified atom stereocenters. The molecule has 0 saturated heterocycles. The molecule has 29 heavy (non-hydrogen) atoms. The molecule has 0 saturated carbocycles. The molecule has 3 rings (SSSR count). The summed E-state index contributed by atoms with van der Waals surface area (Å²) in [7, 11) is 1.32. The Labute approximate surface area is 173 Å². The van der Waals surface area contributed by atoms with Crippen LogP contribution in [0.4, 0.5) is 0 Å². The third-order valence-corrected chi connectivity index (χ3v) is 5.92. The van der Waals surface area contributed by atoms with Crippen molar-refractivity contribution in [3.05, 3.63) is 33.1 Å². The number of nitrogens with zero attached hydrogens (tertiary/aromatic N) is 2. The first-order valence-corrected chi connectivity index (χ1v) is 10.3. The Morgan fingerprint density at radius 3 is 2.59 bits per heavy atom. The van der Waals surface area contributed by atoms with Gasteiger partial charge in [0.25, 0.3) is 11.6 Å². The molecule has 7 nitrogen and oxygen atoms in total. The Bertz CT molecular complexity index is 1090. The van der Waals surface area contributed by atoms with E-state index < -0.39 is 17.4 Å². The minimum atomic E-state index is -1.13. The molecule has 1 N–H and O–H groups in total. The summed E-state index contributed by atoms with van der Waals surface area (Å²) in [4.78, 5) is 32.4. The quantitative estimate of drug-likeness (QED) is 0.602.